The minimum atomic E-state index is -0.638. The van der Waals surface area contributed by atoms with Gasteiger partial charge in [-0.05, 0) is 30.3 Å². The van der Waals surface area contributed by atoms with E-state index in [2.05, 4.69) is 25.5 Å². The van der Waals surface area contributed by atoms with Crippen molar-refractivity contribution in [3.05, 3.63) is 97.1 Å². The third-order valence-corrected chi connectivity index (χ3v) is 5.80. The molecular formula is C22H19N7O6S. The number of nitro groups is 1. The van der Waals surface area contributed by atoms with Crippen LogP contribution in [-0.4, -0.2) is 48.4 Å². The summed E-state index contributed by atoms with van der Waals surface area (Å²) in [5.41, 5.74) is -0.0138. The number of aromatic amines is 2. The topological polar surface area (TPSA) is 178 Å². The van der Waals surface area contributed by atoms with Crippen LogP contribution < -0.4 is 21.3 Å². The number of non-ortho nitro benzene ring substituents is 1. The smallest absolute Gasteiger partial charge is 0.325 e. The van der Waals surface area contributed by atoms with E-state index < -0.39 is 22.1 Å². The summed E-state index contributed by atoms with van der Waals surface area (Å²) in [6, 6.07) is 13.9. The SMILES string of the molecule is COc1ccc(-n2c(Cc3cc(=O)[nH]c(=O)[nH]3)nnc2SCC(=O)Nc2cccc([N+](=O)[O-])c2)cc1. The van der Waals surface area contributed by atoms with Crippen molar-refractivity contribution < 1.29 is 14.5 Å². The van der Waals surface area contributed by atoms with Crippen molar-refractivity contribution >= 4 is 29.0 Å². The number of nitrogens with zero attached hydrogens (tertiary/aromatic N) is 4. The third-order valence-electron chi connectivity index (χ3n) is 4.87. The summed E-state index contributed by atoms with van der Waals surface area (Å²) in [6.07, 6.45) is 0.0959. The van der Waals surface area contributed by atoms with Crippen LogP contribution in [0.4, 0.5) is 11.4 Å². The van der Waals surface area contributed by atoms with E-state index in [-0.39, 0.29) is 17.9 Å². The minimum Gasteiger partial charge on any atom is -0.497 e. The van der Waals surface area contributed by atoms with Crippen molar-refractivity contribution in [3.8, 4) is 11.4 Å². The molecule has 4 rings (SSSR count). The fourth-order valence-corrected chi connectivity index (χ4v) is 4.08. The molecule has 4 aromatic rings. The molecule has 0 saturated carbocycles. The molecule has 0 unspecified atom stereocenters. The van der Waals surface area contributed by atoms with Crippen LogP contribution in [0.1, 0.15) is 11.5 Å². The van der Waals surface area contributed by atoms with Crippen molar-refractivity contribution in [1.82, 2.24) is 24.7 Å². The molecule has 184 valence electrons. The molecule has 0 radical (unpaired) electrons. The van der Waals surface area contributed by atoms with E-state index in [4.69, 9.17) is 4.74 Å². The summed E-state index contributed by atoms with van der Waals surface area (Å²) in [5, 5.41) is 22.4. The van der Waals surface area contributed by atoms with Crippen LogP contribution in [0, 0.1) is 10.1 Å². The number of thioether (sulfide) groups is 1. The van der Waals surface area contributed by atoms with Gasteiger partial charge >= 0.3 is 5.69 Å². The van der Waals surface area contributed by atoms with Crippen LogP contribution >= 0.6 is 11.8 Å². The van der Waals surface area contributed by atoms with Crippen molar-refractivity contribution in [2.45, 2.75) is 11.6 Å². The number of amides is 1. The summed E-state index contributed by atoms with van der Waals surface area (Å²) in [7, 11) is 1.55. The molecule has 1 amide bonds. The van der Waals surface area contributed by atoms with Crippen molar-refractivity contribution in [2.75, 3.05) is 18.2 Å². The van der Waals surface area contributed by atoms with Crippen molar-refractivity contribution in [2.24, 2.45) is 0 Å². The molecule has 0 aliphatic rings. The van der Waals surface area contributed by atoms with Crippen LogP contribution in [0.2, 0.25) is 0 Å². The third kappa shape index (κ3) is 5.85. The van der Waals surface area contributed by atoms with Gasteiger partial charge in [-0.3, -0.25) is 29.3 Å². The highest BCUT2D eigenvalue weighted by Gasteiger charge is 2.18. The molecule has 0 atom stereocenters. The number of rotatable bonds is 9. The Morgan fingerprint density at radius 3 is 2.61 bits per heavy atom. The highest BCUT2D eigenvalue weighted by atomic mass is 32.2. The van der Waals surface area contributed by atoms with Crippen LogP contribution in [0.5, 0.6) is 5.75 Å². The molecule has 0 spiro atoms. The van der Waals surface area contributed by atoms with Crippen LogP contribution in [0.15, 0.2) is 69.3 Å². The number of hydrogen-bond acceptors (Lipinski definition) is 9. The molecule has 2 aromatic carbocycles. The Labute approximate surface area is 206 Å². The normalized spacial score (nSPS) is 10.7. The van der Waals surface area contributed by atoms with Gasteiger partial charge in [-0.25, -0.2) is 4.79 Å². The molecule has 0 fully saturated rings. The average Bonchev–Trinajstić information content (AvgIpc) is 3.24. The van der Waals surface area contributed by atoms with Gasteiger partial charge in [0.2, 0.25) is 5.91 Å². The number of methoxy groups -OCH3 is 1. The van der Waals surface area contributed by atoms with E-state index in [0.717, 1.165) is 11.8 Å². The Balaban J connectivity index is 1.58. The first-order chi connectivity index (χ1) is 17.3. The summed E-state index contributed by atoms with van der Waals surface area (Å²) in [4.78, 5) is 51.0. The first-order valence-corrected chi connectivity index (χ1v) is 11.4. The van der Waals surface area contributed by atoms with E-state index in [1.54, 1.807) is 42.0 Å². The highest BCUT2D eigenvalue weighted by molar-refractivity contribution is 7.99. The van der Waals surface area contributed by atoms with Gasteiger partial charge < -0.3 is 15.0 Å². The zero-order valence-electron chi connectivity index (χ0n) is 18.8. The van der Waals surface area contributed by atoms with Crippen LogP contribution in [-0.2, 0) is 11.2 Å². The predicted molar refractivity (Wildman–Crippen MR) is 131 cm³/mol. The maximum Gasteiger partial charge on any atom is 0.325 e. The lowest BCUT2D eigenvalue weighted by molar-refractivity contribution is -0.384. The monoisotopic (exact) mass is 509 g/mol. The summed E-state index contributed by atoms with van der Waals surface area (Å²) in [6.45, 7) is 0. The fourth-order valence-electron chi connectivity index (χ4n) is 3.31. The van der Waals surface area contributed by atoms with Crippen molar-refractivity contribution in [3.63, 3.8) is 0 Å². The molecular weight excluding hydrogens is 490 g/mol. The number of carbonyl (C=O) groups excluding carboxylic acids is 1. The molecule has 0 bridgehead atoms. The van der Waals surface area contributed by atoms with E-state index in [1.165, 1.54) is 24.3 Å². The molecule has 36 heavy (non-hydrogen) atoms. The van der Waals surface area contributed by atoms with Gasteiger partial charge in [0, 0.05) is 41.7 Å². The van der Waals surface area contributed by atoms with Crippen LogP contribution in [0.25, 0.3) is 5.69 Å². The predicted octanol–water partition coefficient (Wildman–Crippen LogP) is 1.88. The zero-order chi connectivity index (χ0) is 25.7. The molecule has 0 saturated heterocycles. The fraction of sp³-hybridized carbons (Fsp3) is 0.136. The first kappa shape index (κ1) is 24.4. The highest BCUT2D eigenvalue weighted by Crippen LogP contribution is 2.25. The second-order valence-corrected chi connectivity index (χ2v) is 8.31. The number of benzene rings is 2. The Morgan fingerprint density at radius 1 is 1.14 bits per heavy atom. The first-order valence-electron chi connectivity index (χ1n) is 10.4. The van der Waals surface area contributed by atoms with E-state index in [1.807, 2.05) is 0 Å². The Hall–Kier alpha value is -4.72. The van der Waals surface area contributed by atoms with Gasteiger partial charge in [0.25, 0.3) is 11.2 Å². The van der Waals surface area contributed by atoms with E-state index in [0.29, 0.717) is 33.8 Å². The second-order valence-electron chi connectivity index (χ2n) is 7.37. The Kier molecular flexibility index (Phi) is 7.25. The number of carbonyl (C=O) groups is 1. The molecule has 0 aliphatic carbocycles. The maximum absolute atomic E-state index is 12.5. The summed E-state index contributed by atoms with van der Waals surface area (Å²) < 4.78 is 6.91. The second kappa shape index (κ2) is 10.7. The lowest BCUT2D eigenvalue weighted by Crippen LogP contribution is -2.23. The van der Waals surface area contributed by atoms with E-state index >= 15 is 0 Å². The summed E-state index contributed by atoms with van der Waals surface area (Å²) >= 11 is 1.10. The van der Waals surface area contributed by atoms with Crippen LogP contribution in [0.3, 0.4) is 0 Å². The lowest BCUT2D eigenvalue weighted by atomic mass is 10.2. The molecule has 3 N–H and O–H groups in total. The number of ether oxygens (including phenoxy) is 1. The number of nitrogens with one attached hydrogen (secondary N) is 3. The van der Waals surface area contributed by atoms with Gasteiger partial charge in [0.05, 0.1) is 17.8 Å². The lowest BCUT2D eigenvalue weighted by Gasteiger charge is -2.11. The molecule has 13 nitrogen and oxygen atoms in total. The molecule has 14 heteroatoms. The zero-order valence-corrected chi connectivity index (χ0v) is 19.6. The number of H-pyrrole nitrogens is 2. The number of aromatic nitrogens is 5. The Bertz CT molecular complexity index is 1500. The Morgan fingerprint density at radius 2 is 1.92 bits per heavy atom. The minimum absolute atomic E-state index is 0.0567. The number of anilines is 1. The van der Waals surface area contributed by atoms with Crippen molar-refractivity contribution in [1.29, 1.82) is 0 Å². The number of hydrogen-bond donors (Lipinski definition) is 3. The molecule has 2 heterocycles. The van der Waals surface area contributed by atoms with Gasteiger partial charge in [-0.2, -0.15) is 0 Å². The van der Waals surface area contributed by atoms with Gasteiger partial charge in [-0.1, -0.05) is 17.8 Å². The maximum atomic E-state index is 12.5. The quantitative estimate of drug-likeness (QED) is 0.173. The molecule has 2 aromatic heterocycles. The van der Waals surface area contributed by atoms with Gasteiger partial charge in [0.15, 0.2) is 5.16 Å². The average molecular weight is 510 g/mol. The standard InChI is InChI=1S/C22H19N7O6S/c1-35-17-7-5-15(6-8-17)28-18(10-14-11-19(30)25-21(32)24-14)26-27-22(28)36-12-20(31)23-13-3-2-4-16(9-13)29(33)34/h2-9,11H,10,12H2,1H3,(H,23,31)(H2,24,25,30,32). The van der Waals surface area contributed by atoms with Gasteiger partial charge in [-0.15, -0.1) is 10.2 Å². The van der Waals surface area contributed by atoms with Gasteiger partial charge in [0.1, 0.15) is 11.6 Å². The number of nitro benzene ring substituents is 1. The molecule has 0 aliphatic heterocycles. The largest absolute Gasteiger partial charge is 0.497 e. The van der Waals surface area contributed by atoms with E-state index in [9.17, 15) is 24.5 Å². The summed E-state index contributed by atoms with van der Waals surface area (Å²) in [5.74, 6) is 0.602.